The Bertz CT molecular complexity index is 1040. The van der Waals surface area contributed by atoms with E-state index in [-0.39, 0.29) is 11.9 Å². The van der Waals surface area contributed by atoms with E-state index in [2.05, 4.69) is 10.1 Å². The van der Waals surface area contributed by atoms with Crippen molar-refractivity contribution in [3.8, 4) is 22.9 Å². The molecule has 0 aliphatic carbocycles. The summed E-state index contributed by atoms with van der Waals surface area (Å²) in [7, 11) is 3.15. The molecule has 29 heavy (non-hydrogen) atoms. The van der Waals surface area contributed by atoms with E-state index in [0.29, 0.717) is 40.3 Å². The molecule has 0 bridgehead atoms. The van der Waals surface area contributed by atoms with Gasteiger partial charge in [-0.1, -0.05) is 28.9 Å². The zero-order valence-electron chi connectivity index (χ0n) is 16.1. The van der Waals surface area contributed by atoms with E-state index in [1.807, 2.05) is 6.07 Å². The minimum atomic E-state index is -0.278. The topological polar surface area (TPSA) is 77.7 Å². The molecule has 4 rings (SSSR count). The van der Waals surface area contributed by atoms with E-state index >= 15 is 0 Å². The summed E-state index contributed by atoms with van der Waals surface area (Å²) in [5, 5.41) is 4.53. The van der Waals surface area contributed by atoms with Crippen LogP contribution in [0.4, 0.5) is 0 Å². The first-order valence-electron chi connectivity index (χ1n) is 9.24. The molecule has 0 radical (unpaired) electrons. The number of hydrogen-bond acceptors (Lipinski definition) is 6. The summed E-state index contributed by atoms with van der Waals surface area (Å²) in [5.41, 5.74) is 1.21. The first-order valence-corrected chi connectivity index (χ1v) is 9.61. The first kappa shape index (κ1) is 19.3. The highest BCUT2D eigenvalue weighted by Crippen LogP contribution is 2.35. The highest BCUT2D eigenvalue weighted by Gasteiger charge is 2.35. The van der Waals surface area contributed by atoms with Crippen molar-refractivity contribution in [3.63, 3.8) is 0 Å². The van der Waals surface area contributed by atoms with Gasteiger partial charge in [0, 0.05) is 12.1 Å². The van der Waals surface area contributed by atoms with Crippen LogP contribution in [0.2, 0.25) is 5.02 Å². The van der Waals surface area contributed by atoms with Gasteiger partial charge in [-0.05, 0) is 43.2 Å². The maximum Gasteiger partial charge on any atom is 0.256 e. The smallest absolute Gasteiger partial charge is 0.256 e. The summed E-state index contributed by atoms with van der Waals surface area (Å²) < 4.78 is 16.1. The lowest BCUT2D eigenvalue weighted by Crippen LogP contribution is -2.30. The highest BCUT2D eigenvalue weighted by atomic mass is 35.5. The zero-order chi connectivity index (χ0) is 20.4. The van der Waals surface area contributed by atoms with Gasteiger partial charge in [0.2, 0.25) is 11.7 Å². The summed E-state index contributed by atoms with van der Waals surface area (Å²) >= 11 is 6.21. The average molecular weight is 414 g/mol. The molecular weight excluding hydrogens is 394 g/mol. The molecule has 0 saturated carbocycles. The van der Waals surface area contributed by atoms with Crippen molar-refractivity contribution in [3.05, 3.63) is 58.9 Å². The van der Waals surface area contributed by atoms with E-state index in [9.17, 15) is 4.79 Å². The Kier molecular flexibility index (Phi) is 5.40. The molecule has 1 atom stereocenters. The van der Waals surface area contributed by atoms with Crippen LogP contribution >= 0.6 is 11.6 Å². The Morgan fingerprint density at radius 1 is 1.17 bits per heavy atom. The minimum absolute atomic E-state index is 0.135. The SMILES string of the molecule is COc1ccc(-c2noc(C3CCCN3C(=O)c3ccccc3Cl)n2)cc1OC. The predicted octanol–water partition coefficient (Wildman–Crippen LogP) is 4.38. The summed E-state index contributed by atoms with van der Waals surface area (Å²) in [6.07, 6.45) is 1.61. The molecule has 1 amide bonds. The zero-order valence-corrected chi connectivity index (χ0v) is 16.8. The molecule has 1 fully saturated rings. The van der Waals surface area contributed by atoms with Crippen LogP contribution in [0, 0.1) is 0 Å². The Balaban J connectivity index is 1.60. The standard InChI is InChI=1S/C21H20ClN3O4/c1-27-17-10-9-13(12-18(17)28-2)19-23-20(29-24-19)16-8-5-11-25(16)21(26)14-6-3-4-7-15(14)22/h3-4,6-7,9-10,12,16H,5,8,11H2,1-2H3. The number of aromatic nitrogens is 2. The van der Waals surface area contributed by atoms with Gasteiger partial charge >= 0.3 is 0 Å². The molecule has 1 saturated heterocycles. The van der Waals surface area contributed by atoms with E-state index in [1.54, 1.807) is 55.5 Å². The van der Waals surface area contributed by atoms with Crippen LogP contribution in [0.25, 0.3) is 11.4 Å². The molecule has 1 unspecified atom stereocenters. The summed E-state index contributed by atoms with van der Waals surface area (Å²) in [6, 6.07) is 12.2. The second-order valence-electron chi connectivity index (χ2n) is 6.66. The second-order valence-corrected chi connectivity index (χ2v) is 7.07. The number of carbonyl (C=O) groups excluding carboxylic acids is 1. The van der Waals surface area contributed by atoms with Gasteiger partial charge in [0.15, 0.2) is 11.5 Å². The lowest BCUT2D eigenvalue weighted by molar-refractivity contribution is 0.0710. The summed E-state index contributed by atoms with van der Waals surface area (Å²) in [6.45, 7) is 0.614. The van der Waals surface area contributed by atoms with Crippen molar-refractivity contribution in [2.45, 2.75) is 18.9 Å². The van der Waals surface area contributed by atoms with Gasteiger partial charge in [0.1, 0.15) is 6.04 Å². The van der Waals surface area contributed by atoms with E-state index < -0.39 is 0 Å². The number of carbonyl (C=O) groups is 1. The van der Waals surface area contributed by atoms with Crippen molar-refractivity contribution in [2.24, 2.45) is 0 Å². The molecule has 1 aliphatic heterocycles. The molecule has 7 nitrogen and oxygen atoms in total. The monoisotopic (exact) mass is 413 g/mol. The quantitative estimate of drug-likeness (QED) is 0.617. The molecule has 150 valence electrons. The number of hydrogen-bond donors (Lipinski definition) is 0. The molecule has 3 aromatic rings. The van der Waals surface area contributed by atoms with Crippen molar-refractivity contribution in [1.29, 1.82) is 0 Å². The molecule has 0 N–H and O–H groups in total. The van der Waals surface area contributed by atoms with Crippen LogP contribution < -0.4 is 9.47 Å². The molecule has 1 aromatic heterocycles. The Hall–Kier alpha value is -3.06. The Morgan fingerprint density at radius 3 is 2.72 bits per heavy atom. The minimum Gasteiger partial charge on any atom is -0.493 e. The summed E-state index contributed by atoms with van der Waals surface area (Å²) in [5.74, 6) is 1.90. The van der Waals surface area contributed by atoms with Crippen LogP contribution in [-0.2, 0) is 0 Å². The number of amides is 1. The third-order valence-electron chi connectivity index (χ3n) is 4.99. The molecule has 2 aromatic carbocycles. The van der Waals surface area contributed by atoms with Crippen molar-refractivity contribution in [2.75, 3.05) is 20.8 Å². The van der Waals surface area contributed by atoms with Gasteiger partial charge in [-0.15, -0.1) is 0 Å². The van der Waals surface area contributed by atoms with Crippen LogP contribution in [0.15, 0.2) is 47.0 Å². The highest BCUT2D eigenvalue weighted by molar-refractivity contribution is 6.33. The summed E-state index contributed by atoms with van der Waals surface area (Å²) in [4.78, 5) is 19.3. The average Bonchev–Trinajstić information content (AvgIpc) is 3.42. The molecule has 0 spiro atoms. The van der Waals surface area contributed by atoms with Crippen molar-refractivity contribution >= 4 is 17.5 Å². The first-order chi connectivity index (χ1) is 14.1. The fourth-order valence-electron chi connectivity index (χ4n) is 3.52. The van der Waals surface area contributed by atoms with Gasteiger partial charge in [-0.3, -0.25) is 4.79 Å². The second kappa shape index (κ2) is 8.13. The van der Waals surface area contributed by atoms with E-state index in [0.717, 1.165) is 18.4 Å². The lowest BCUT2D eigenvalue weighted by Gasteiger charge is -2.22. The van der Waals surface area contributed by atoms with Crippen LogP contribution in [0.3, 0.4) is 0 Å². The van der Waals surface area contributed by atoms with Crippen LogP contribution in [0.1, 0.15) is 35.1 Å². The number of nitrogens with zero attached hydrogens (tertiary/aromatic N) is 3. The fraction of sp³-hybridized carbons (Fsp3) is 0.286. The Morgan fingerprint density at radius 2 is 1.97 bits per heavy atom. The number of likely N-dealkylation sites (tertiary alicyclic amines) is 1. The third kappa shape index (κ3) is 3.65. The van der Waals surface area contributed by atoms with Crippen molar-refractivity contribution < 1.29 is 18.8 Å². The normalized spacial score (nSPS) is 16.1. The van der Waals surface area contributed by atoms with Gasteiger partial charge in [0.05, 0.1) is 24.8 Å². The molecule has 2 heterocycles. The largest absolute Gasteiger partial charge is 0.493 e. The maximum atomic E-state index is 13.0. The van der Waals surface area contributed by atoms with E-state index in [1.165, 1.54) is 0 Å². The van der Waals surface area contributed by atoms with Gasteiger partial charge in [-0.25, -0.2) is 0 Å². The van der Waals surface area contributed by atoms with Crippen molar-refractivity contribution in [1.82, 2.24) is 15.0 Å². The lowest BCUT2D eigenvalue weighted by atomic mass is 10.1. The third-order valence-corrected chi connectivity index (χ3v) is 5.32. The van der Waals surface area contributed by atoms with E-state index in [4.69, 9.17) is 25.6 Å². The Labute approximate surface area is 173 Å². The van der Waals surface area contributed by atoms with Gasteiger partial charge in [-0.2, -0.15) is 4.98 Å². The fourth-order valence-corrected chi connectivity index (χ4v) is 3.74. The molecular formula is C21H20ClN3O4. The number of rotatable bonds is 5. The molecule has 1 aliphatic rings. The molecule has 8 heteroatoms. The van der Waals surface area contributed by atoms with Gasteiger partial charge < -0.3 is 18.9 Å². The predicted molar refractivity (Wildman–Crippen MR) is 107 cm³/mol. The van der Waals surface area contributed by atoms with Crippen LogP contribution in [0.5, 0.6) is 11.5 Å². The maximum absolute atomic E-state index is 13.0. The van der Waals surface area contributed by atoms with Gasteiger partial charge in [0.25, 0.3) is 5.91 Å². The number of ether oxygens (including phenoxy) is 2. The van der Waals surface area contributed by atoms with Crippen LogP contribution in [-0.4, -0.2) is 41.7 Å². The number of halogens is 1. The number of methoxy groups -OCH3 is 2. The number of benzene rings is 2.